The molecule has 2 rings (SSSR count). The average Bonchev–Trinajstić information content (AvgIpc) is 2.67. The summed E-state index contributed by atoms with van der Waals surface area (Å²) >= 11 is 0. The maximum absolute atomic E-state index is 12.0. The van der Waals surface area contributed by atoms with Crippen LogP contribution in [0.3, 0.4) is 0 Å². The largest absolute Gasteiger partial charge is 0.452 e. The molecule has 0 saturated carbocycles. The zero-order valence-electron chi connectivity index (χ0n) is 15.2. The molecule has 0 heterocycles. The average molecular weight is 370 g/mol. The molecule has 2 aromatic rings. The first-order valence-electron chi connectivity index (χ1n) is 8.55. The van der Waals surface area contributed by atoms with E-state index in [1.165, 1.54) is 12.1 Å². The van der Waals surface area contributed by atoms with E-state index < -0.39 is 12.1 Å². The molecule has 27 heavy (non-hydrogen) atoms. The maximum Gasteiger partial charge on any atom is 0.411 e. The summed E-state index contributed by atoms with van der Waals surface area (Å²) in [6, 6.07) is 15.4. The van der Waals surface area contributed by atoms with Crippen molar-refractivity contribution in [2.45, 2.75) is 19.9 Å². The van der Waals surface area contributed by atoms with Crippen LogP contribution in [-0.2, 0) is 14.3 Å². The molecule has 1 unspecified atom stereocenters. The number of carbonyl (C=O) groups excluding carboxylic acids is 3. The minimum absolute atomic E-state index is 0.189. The van der Waals surface area contributed by atoms with Crippen LogP contribution in [0.25, 0.3) is 0 Å². The maximum atomic E-state index is 12.0. The molecule has 0 fully saturated rings. The number of rotatable bonds is 7. The Bertz CT molecular complexity index is 775. The third-order valence-corrected chi connectivity index (χ3v) is 3.65. The lowest BCUT2D eigenvalue weighted by atomic mass is 10.1. The van der Waals surface area contributed by atoms with Gasteiger partial charge in [-0.25, -0.2) is 9.59 Å². The van der Waals surface area contributed by atoms with Crippen LogP contribution >= 0.6 is 0 Å². The van der Waals surface area contributed by atoms with E-state index in [2.05, 4.69) is 10.6 Å². The van der Waals surface area contributed by atoms with Gasteiger partial charge in [0.05, 0.1) is 18.2 Å². The highest BCUT2D eigenvalue weighted by Crippen LogP contribution is 2.12. The Kier molecular flexibility index (Phi) is 7.37. The first kappa shape index (κ1) is 20.0. The molecule has 142 valence electrons. The smallest absolute Gasteiger partial charge is 0.411 e. The Morgan fingerprint density at radius 2 is 1.63 bits per heavy atom. The monoisotopic (exact) mass is 370 g/mol. The Balaban J connectivity index is 1.81. The lowest BCUT2D eigenvalue weighted by Gasteiger charge is -2.14. The van der Waals surface area contributed by atoms with Crippen LogP contribution in [0, 0.1) is 0 Å². The van der Waals surface area contributed by atoms with Gasteiger partial charge in [0.25, 0.3) is 5.91 Å². The fourth-order valence-electron chi connectivity index (χ4n) is 2.30. The number of benzene rings is 2. The van der Waals surface area contributed by atoms with Crippen LogP contribution < -0.4 is 10.6 Å². The first-order chi connectivity index (χ1) is 13.0. The third kappa shape index (κ3) is 6.47. The highest BCUT2D eigenvalue weighted by atomic mass is 16.5. The lowest BCUT2D eigenvalue weighted by molar-refractivity contribution is -0.124. The van der Waals surface area contributed by atoms with Gasteiger partial charge in [0.1, 0.15) is 0 Å². The van der Waals surface area contributed by atoms with Crippen molar-refractivity contribution in [1.29, 1.82) is 0 Å². The van der Waals surface area contributed by atoms with Crippen LogP contribution in [0.15, 0.2) is 54.6 Å². The van der Waals surface area contributed by atoms with E-state index in [0.717, 1.165) is 5.56 Å². The van der Waals surface area contributed by atoms with Gasteiger partial charge in [-0.05, 0) is 43.7 Å². The molecule has 2 N–H and O–H groups in total. The molecule has 0 aliphatic carbocycles. The number of amides is 2. The predicted octanol–water partition coefficient (Wildman–Crippen LogP) is 3.29. The number of hydrogen-bond acceptors (Lipinski definition) is 5. The summed E-state index contributed by atoms with van der Waals surface area (Å²) in [6.07, 6.45) is -0.572. The molecule has 0 aliphatic heterocycles. The van der Waals surface area contributed by atoms with E-state index in [4.69, 9.17) is 9.47 Å². The second-order valence-electron chi connectivity index (χ2n) is 5.70. The van der Waals surface area contributed by atoms with E-state index in [-0.39, 0.29) is 30.7 Å². The van der Waals surface area contributed by atoms with Gasteiger partial charge in [0.15, 0.2) is 6.61 Å². The summed E-state index contributed by atoms with van der Waals surface area (Å²) < 4.78 is 9.79. The normalized spacial score (nSPS) is 11.2. The molecule has 2 aromatic carbocycles. The van der Waals surface area contributed by atoms with Crippen LogP contribution in [0.2, 0.25) is 0 Å². The topological polar surface area (TPSA) is 93.7 Å². The molecule has 7 heteroatoms. The van der Waals surface area contributed by atoms with Crippen molar-refractivity contribution in [2.24, 2.45) is 0 Å². The zero-order valence-corrected chi connectivity index (χ0v) is 15.2. The molecule has 1 atom stereocenters. The van der Waals surface area contributed by atoms with Crippen LogP contribution in [-0.4, -0.2) is 31.2 Å². The van der Waals surface area contributed by atoms with Crippen LogP contribution in [0.5, 0.6) is 0 Å². The van der Waals surface area contributed by atoms with Gasteiger partial charge in [0.2, 0.25) is 0 Å². The number of nitrogens with one attached hydrogen (secondary N) is 2. The van der Waals surface area contributed by atoms with Crippen LogP contribution in [0.1, 0.15) is 35.8 Å². The Morgan fingerprint density at radius 3 is 2.26 bits per heavy atom. The summed E-state index contributed by atoms with van der Waals surface area (Å²) in [4.78, 5) is 35.3. The summed E-state index contributed by atoms with van der Waals surface area (Å²) in [7, 11) is 0. The standard InChI is InChI=1S/C20H22N2O5/c1-3-26-20(25)22-17-11-9-16(10-12-17)19(24)27-13-18(23)21-14(2)15-7-5-4-6-8-15/h4-12,14H,3,13H2,1-2H3,(H,21,23)(H,22,25). The van der Waals surface area contributed by atoms with E-state index in [1.807, 2.05) is 37.3 Å². The molecule has 0 spiro atoms. The number of anilines is 1. The Hall–Kier alpha value is -3.35. The highest BCUT2D eigenvalue weighted by Gasteiger charge is 2.13. The minimum atomic E-state index is -0.625. The highest BCUT2D eigenvalue weighted by molar-refractivity contribution is 5.92. The molecular weight excluding hydrogens is 348 g/mol. The van der Waals surface area contributed by atoms with Crippen molar-refractivity contribution < 1.29 is 23.9 Å². The molecule has 0 radical (unpaired) electrons. The van der Waals surface area contributed by atoms with Gasteiger partial charge >= 0.3 is 12.1 Å². The molecule has 0 bridgehead atoms. The van der Waals surface area contributed by atoms with Crippen LogP contribution in [0.4, 0.5) is 10.5 Å². The molecule has 0 aromatic heterocycles. The molecule has 0 saturated heterocycles. The zero-order chi connectivity index (χ0) is 19.6. The van der Waals surface area contributed by atoms with Crippen molar-refractivity contribution in [3.8, 4) is 0 Å². The Morgan fingerprint density at radius 1 is 0.963 bits per heavy atom. The summed E-state index contributed by atoms with van der Waals surface area (Å²) in [5.41, 5.74) is 1.72. The van der Waals surface area contributed by atoms with E-state index in [1.54, 1.807) is 19.1 Å². The summed E-state index contributed by atoms with van der Waals surface area (Å²) in [5, 5.41) is 5.29. The number of esters is 1. The first-order valence-corrected chi connectivity index (χ1v) is 8.55. The van der Waals surface area contributed by atoms with E-state index in [0.29, 0.717) is 5.69 Å². The summed E-state index contributed by atoms with van der Waals surface area (Å²) in [6.45, 7) is 3.44. The van der Waals surface area contributed by atoms with Gasteiger partial charge in [-0.1, -0.05) is 30.3 Å². The molecular formula is C20H22N2O5. The van der Waals surface area contributed by atoms with Crippen molar-refractivity contribution in [3.63, 3.8) is 0 Å². The fraction of sp³-hybridized carbons (Fsp3) is 0.250. The number of carbonyl (C=O) groups is 3. The summed E-state index contributed by atoms with van der Waals surface area (Å²) in [5.74, 6) is -1.01. The van der Waals surface area contributed by atoms with Gasteiger partial charge in [-0.15, -0.1) is 0 Å². The third-order valence-electron chi connectivity index (χ3n) is 3.65. The molecule has 7 nitrogen and oxygen atoms in total. The number of hydrogen-bond donors (Lipinski definition) is 2. The van der Waals surface area contributed by atoms with Crippen molar-refractivity contribution in [2.75, 3.05) is 18.5 Å². The molecule has 2 amide bonds. The number of ether oxygens (including phenoxy) is 2. The fourth-order valence-corrected chi connectivity index (χ4v) is 2.30. The van der Waals surface area contributed by atoms with Gasteiger partial charge in [-0.2, -0.15) is 0 Å². The quantitative estimate of drug-likeness (QED) is 0.730. The SMILES string of the molecule is CCOC(=O)Nc1ccc(C(=O)OCC(=O)NC(C)c2ccccc2)cc1. The Labute approximate surface area is 157 Å². The predicted molar refractivity (Wildman–Crippen MR) is 100 cm³/mol. The van der Waals surface area contributed by atoms with Gasteiger partial charge in [0, 0.05) is 5.69 Å². The second-order valence-corrected chi connectivity index (χ2v) is 5.70. The van der Waals surface area contributed by atoms with Gasteiger partial charge < -0.3 is 14.8 Å². The van der Waals surface area contributed by atoms with Crippen molar-refractivity contribution in [1.82, 2.24) is 5.32 Å². The molecule has 0 aliphatic rings. The van der Waals surface area contributed by atoms with E-state index in [9.17, 15) is 14.4 Å². The lowest BCUT2D eigenvalue weighted by Crippen LogP contribution is -2.31. The van der Waals surface area contributed by atoms with E-state index >= 15 is 0 Å². The van der Waals surface area contributed by atoms with Crippen molar-refractivity contribution in [3.05, 3.63) is 65.7 Å². The minimum Gasteiger partial charge on any atom is -0.452 e. The van der Waals surface area contributed by atoms with Crippen molar-refractivity contribution >= 4 is 23.7 Å². The van der Waals surface area contributed by atoms with Gasteiger partial charge in [-0.3, -0.25) is 10.1 Å². The second kappa shape index (κ2) is 9.96.